The molecule has 0 aliphatic heterocycles. The summed E-state index contributed by atoms with van der Waals surface area (Å²) in [6.07, 6.45) is 16.9. The van der Waals surface area contributed by atoms with Crippen LogP contribution in [0.1, 0.15) is 111 Å². The number of carboxylic acids is 3. The highest BCUT2D eigenvalue weighted by Gasteiger charge is 2.39. The van der Waals surface area contributed by atoms with Crippen LogP contribution in [0.5, 0.6) is 0 Å². The molecule has 0 bridgehead atoms. The van der Waals surface area contributed by atoms with Crippen molar-refractivity contribution in [2.45, 2.75) is 111 Å². The van der Waals surface area contributed by atoms with E-state index in [1.807, 2.05) is 13.8 Å². The Balaban J connectivity index is 5.28. The highest BCUT2D eigenvalue weighted by molar-refractivity contribution is 5.70. The summed E-state index contributed by atoms with van der Waals surface area (Å²) < 4.78 is 0.208. The van der Waals surface area contributed by atoms with Crippen LogP contribution < -0.4 is 5.11 Å². The van der Waals surface area contributed by atoms with E-state index in [0.29, 0.717) is 25.8 Å². The Bertz CT molecular complexity index is 588. The number of quaternary nitrogens is 1. The maximum Gasteiger partial charge on any atom is 0.312 e. The molecule has 0 heterocycles. The molecule has 0 aromatic heterocycles. The van der Waals surface area contributed by atoms with Gasteiger partial charge in [0.1, 0.15) is 11.8 Å². The van der Waals surface area contributed by atoms with Crippen LogP contribution in [0.2, 0.25) is 0 Å². The molecule has 2 N–H and O–H groups in total. The Hall–Kier alpha value is -1.89. The molecule has 3 unspecified atom stereocenters. The van der Waals surface area contributed by atoms with E-state index in [2.05, 4.69) is 19.1 Å². The lowest BCUT2D eigenvalue weighted by atomic mass is 9.95. The van der Waals surface area contributed by atoms with Crippen molar-refractivity contribution in [2.24, 2.45) is 17.8 Å². The lowest BCUT2D eigenvalue weighted by Gasteiger charge is -2.44. The molecule has 0 aliphatic rings. The standard InChI is InChI=1S/C29H53NO6/c1-5-9-10-11-12-13-14-15-16-17-18-19-20-30(21-24(6-2)27(31)32,22-25(7-3)28(33)34)23-26(8-4)29(35)36/h13-14,24-26H,5-12,15-23H2,1-4H3,(H2-,31,32,33,34,35,36)/b14-13+. The quantitative estimate of drug-likeness (QED) is 0.104. The molecule has 0 aromatic rings. The minimum absolute atomic E-state index is 0.208. The van der Waals surface area contributed by atoms with Crippen LogP contribution in [-0.2, 0) is 14.4 Å². The molecule has 7 heteroatoms. The molecule has 0 radical (unpaired) electrons. The molecule has 0 saturated heterocycles. The monoisotopic (exact) mass is 511 g/mol. The van der Waals surface area contributed by atoms with Gasteiger partial charge in [-0.3, -0.25) is 9.59 Å². The van der Waals surface area contributed by atoms with Gasteiger partial charge in [0, 0.05) is 5.92 Å². The third-order valence-corrected chi connectivity index (χ3v) is 7.48. The fourth-order valence-electron chi connectivity index (χ4n) is 5.02. The van der Waals surface area contributed by atoms with E-state index >= 15 is 0 Å². The second kappa shape index (κ2) is 20.2. The van der Waals surface area contributed by atoms with Gasteiger partial charge in [-0.1, -0.05) is 65.5 Å². The zero-order valence-electron chi connectivity index (χ0n) is 23.4. The van der Waals surface area contributed by atoms with Gasteiger partial charge in [0.05, 0.1) is 32.1 Å². The molecule has 0 aromatic carbocycles. The van der Waals surface area contributed by atoms with Crippen LogP contribution in [0.15, 0.2) is 12.2 Å². The lowest BCUT2D eigenvalue weighted by Crippen LogP contribution is -2.59. The van der Waals surface area contributed by atoms with Crippen molar-refractivity contribution < 1.29 is 34.2 Å². The Morgan fingerprint density at radius 1 is 0.667 bits per heavy atom. The van der Waals surface area contributed by atoms with Crippen LogP contribution in [-0.4, -0.2) is 58.8 Å². The first-order chi connectivity index (χ1) is 17.2. The summed E-state index contributed by atoms with van der Waals surface area (Å²) in [5.74, 6) is -4.98. The van der Waals surface area contributed by atoms with Gasteiger partial charge in [0.2, 0.25) is 0 Å². The highest BCUT2D eigenvalue weighted by Crippen LogP contribution is 2.25. The number of rotatable bonds is 24. The van der Waals surface area contributed by atoms with E-state index in [0.717, 1.165) is 38.5 Å². The molecule has 0 saturated carbocycles. The third-order valence-electron chi connectivity index (χ3n) is 7.48. The highest BCUT2D eigenvalue weighted by atomic mass is 16.4. The molecule has 36 heavy (non-hydrogen) atoms. The Morgan fingerprint density at radius 2 is 1.08 bits per heavy atom. The lowest BCUT2D eigenvalue weighted by molar-refractivity contribution is -0.935. The van der Waals surface area contributed by atoms with Gasteiger partial charge in [0.25, 0.3) is 0 Å². The van der Waals surface area contributed by atoms with Crippen LogP contribution in [0.25, 0.3) is 0 Å². The normalized spacial score (nSPS) is 15.9. The van der Waals surface area contributed by atoms with Gasteiger partial charge in [-0.15, -0.1) is 0 Å². The van der Waals surface area contributed by atoms with Crippen molar-refractivity contribution in [1.82, 2.24) is 0 Å². The van der Waals surface area contributed by atoms with E-state index in [1.165, 1.54) is 25.7 Å². The molecule has 0 aliphatic carbocycles. The topological polar surface area (TPSA) is 115 Å². The smallest absolute Gasteiger partial charge is 0.312 e. The number of allylic oxidation sites excluding steroid dienone is 2. The molecule has 3 atom stereocenters. The van der Waals surface area contributed by atoms with E-state index in [4.69, 9.17) is 0 Å². The van der Waals surface area contributed by atoms with Crippen LogP contribution in [0, 0.1) is 17.8 Å². The van der Waals surface area contributed by atoms with E-state index < -0.39 is 35.7 Å². The Morgan fingerprint density at radius 3 is 1.47 bits per heavy atom. The predicted molar refractivity (Wildman–Crippen MR) is 142 cm³/mol. The maximum atomic E-state index is 11.9. The summed E-state index contributed by atoms with van der Waals surface area (Å²) in [5, 5.41) is 31.3. The fourth-order valence-corrected chi connectivity index (χ4v) is 5.02. The minimum Gasteiger partial charge on any atom is -0.550 e. The van der Waals surface area contributed by atoms with Crippen molar-refractivity contribution in [3.63, 3.8) is 0 Å². The molecule has 7 nitrogen and oxygen atoms in total. The molecule has 0 rings (SSSR count). The second-order valence-corrected chi connectivity index (χ2v) is 10.4. The second-order valence-electron chi connectivity index (χ2n) is 10.4. The van der Waals surface area contributed by atoms with E-state index in [9.17, 15) is 29.7 Å². The van der Waals surface area contributed by atoms with Crippen molar-refractivity contribution >= 4 is 17.9 Å². The fraction of sp³-hybridized carbons (Fsp3) is 0.828. The van der Waals surface area contributed by atoms with Crippen LogP contribution >= 0.6 is 0 Å². The summed E-state index contributed by atoms with van der Waals surface area (Å²) in [7, 11) is 0. The van der Waals surface area contributed by atoms with Gasteiger partial charge in [0.15, 0.2) is 0 Å². The molecule has 0 spiro atoms. The number of hydrogen-bond acceptors (Lipinski definition) is 4. The van der Waals surface area contributed by atoms with Crippen molar-refractivity contribution in [3.05, 3.63) is 12.2 Å². The molecular weight excluding hydrogens is 458 g/mol. The van der Waals surface area contributed by atoms with Crippen molar-refractivity contribution in [2.75, 3.05) is 26.2 Å². The average Bonchev–Trinajstić information content (AvgIpc) is 2.84. The number of carbonyl (C=O) groups is 3. The zero-order chi connectivity index (χ0) is 27.4. The summed E-state index contributed by atoms with van der Waals surface area (Å²) in [6.45, 7) is 8.94. The SMILES string of the molecule is CCCCCC/C=C/CCCCCC[N+](CC(CC)C(=O)[O-])(CC(CC)C(=O)O)CC(CC)C(=O)O. The van der Waals surface area contributed by atoms with Crippen molar-refractivity contribution in [1.29, 1.82) is 0 Å². The van der Waals surface area contributed by atoms with E-state index in [1.54, 1.807) is 6.92 Å². The number of nitrogens with zero attached hydrogens (tertiary/aromatic N) is 1. The van der Waals surface area contributed by atoms with Gasteiger partial charge in [-0.25, -0.2) is 0 Å². The molecule has 210 valence electrons. The van der Waals surface area contributed by atoms with E-state index in [-0.39, 0.29) is 24.1 Å². The van der Waals surface area contributed by atoms with Gasteiger partial charge in [-0.05, 0) is 57.8 Å². The Labute approximate surface area is 219 Å². The average molecular weight is 512 g/mol. The number of aliphatic carboxylic acids is 3. The summed E-state index contributed by atoms with van der Waals surface area (Å²) in [5.41, 5.74) is 0. The van der Waals surface area contributed by atoms with Crippen LogP contribution in [0.4, 0.5) is 0 Å². The molecule has 0 fully saturated rings. The first kappa shape index (κ1) is 34.1. The summed E-state index contributed by atoms with van der Waals surface area (Å²) in [4.78, 5) is 35.6. The minimum atomic E-state index is -1.15. The molecular formula is C29H53NO6. The first-order valence-electron chi connectivity index (χ1n) is 14.3. The summed E-state index contributed by atoms with van der Waals surface area (Å²) >= 11 is 0. The predicted octanol–water partition coefficient (Wildman–Crippen LogP) is 5.28. The number of carbonyl (C=O) groups excluding carboxylic acids is 1. The first-order valence-corrected chi connectivity index (χ1v) is 14.3. The largest absolute Gasteiger partial charge is 0.550 e. The third kappa shape index (κ3) is 14.6. The maximum absolute atomic E-state index is 11.9. The zero-order valence-corrected chi connectivity index (χ0v) is 23.4. The van der Waals surface area contributed by atoms with Crippen LogP contribution in [0.3, 0.4) is 0 Å². The molecule has 0 amide bonds. The Kier molecular flexibility index (Phi) is 19.1. The van der Waals surface area contributed by atoms with Gasteiger partial charge >= 0.3 is 11.9 Å². The number of carboxylic acid groups (broad SMARTS) is 3. The van der Waals surface area contributed by atoms with Crippen molar-refractivity contribution in [3.8, 4) is 0 Å². The number of hydrogen-bond donors (Lipinski definition) is 2. The van der Waals surface area contributed by atoms with Gasteiger partial charge in [-0.2, -0.15) is 0 Å². The number of unbranched alkanes of at least 4 members (excludes halogenated alkanes) is 8. The van der Waals surface area contributed by atoms with Gasteiger partial charge < -0.3 is 24.6 Å². The summed E-state index contributed by atoms with van der Waals surface area (Å²) in [6, 6.07) is 0.